The van der Waals surface area contributed by atoms with Gasteiger partial charge < -0.3 is 15.1 Å². The number of carbonyl (C=O) groups excluding carboxylic acids is 1. The van der Waals surface area contributed by atoms with Crippen LogP contribution in [0.15, 0.2) is 24.3 Å². The third-order valence-corrected chi connectivity index (χ3v) is 4.21. The van der Waals surface area contributed by atoms with E-state index in [4.69, 9.17) is 0 Å². The Labute approximate surface area is 123 Å². The largest absolute Gasteiger partial charge is 0.508 e. The summed E-state index contributed by atoms with van der Waals surface area (Å²) >= 11 is 0. The Bertz CT molecular complexity index is 557. The highest BCUT2D eigenvalue weighted by atomic mass is 16.4. The van der Waals surface area contributed by atoms with Crippen molar-refractivity contribution in [1.29, 1.82) is 0 Å². The molecule has 0 spiro atoms. The Morgan fingerprint density at radius 2 is 1.95 bits per heavy atom. The van der Waals surface area contributed by atoms with E-state index in [1.54, 1.807) is 30.9 Å². The van der Waals surface area contributed by atoms with Crippen LogP contribution in [0.5, 0.6) is 5.75 Å². The predicted octanol–water partition coefficient (Wildman–Crippen LogP) is 2.28. The molecule has 1 aliphatic rings. The summed E-state index contributed by atoms with van der Waals surface area (Å²) in [6.07, 6.45) is -0.677. The number of rotatable bonds is 2. The lowest BCUT2D eigenvalue weighted by Crippen LogP contribution is -2.68. The number of carboxylic acid groups (broad SMARTS) is 1. The Morgan fingerprint density at radius 1 is 1.38 bits per heavy atom. The molecule has 1 aromatic rings. The molecule has 2 atom stereocenters. The average Bonchev–Trinajstić information content (AvgIpc) is 2.44. The fourth-order valence-corrected chi connectivity index (χ4v) is 2.74. The van der Waals surface area contributed by atoms with Gasteiger partial charge >= 0.3 is 6.09 Å². The first-order chi connectivity index (χ1) is 9.81. The van der Waals surface area contributed by atoms with Gasteiger partial charge in [0.25, 0.3) is 5.91 Å². The second kappa shape index (κ2) is 5.27. The zero-order chi connectivity index (χ0) is 15.8. The van der Waals surface area contributed by atoms with Crippen molar-refractivity contribution in [3.8, 4) is 5.75 Å². The molecule has 2 rings (SSSR count). The van der Waals surface area contributed by atoms with Crippen LogP contribution < -0.4 is 4.90 Å². The first-order valence-corrected chi connectivity index (χ1v) is 6.94. The number of phenols is 1. The van der Waals surface area contributed by atoms with Crippen molar-refractivity contribution >= 4 is 17.7 Å². The molecule has 1 saturated heterocycles. The third kappa shape index (κ3) is 2.41. The Balaban J connectivity index is 2.43. The number of aromatic hydroxyl groups is 1. The van der Waals surface area contributed by atoms with E-state index in [1.165, 1.54) is 17.0 Å². The van der Waals surface area contributed by atoms with Gasteiger partial charge in [0.15, 0.2) is 0 Å². The van der Waals surface area contributed by atoms with Crippen LogP contribution in [0.2, 0.25) is 0 Å². The summed E-state index contributed by atoms with van der Waals surface area (Å²) in [5, 5.41) is 18.7. The summed E-state index contributed by atoms with van der Waals surface area (Å²) in [4.78, 5) is 27.1. The molecular formula is C15H20N2O4. The molecule has 0 radical (unpaired) electrons. The monoisotopic (exact) mass is 292 g/mol. The number of nitrogens with zero attached hydrogens (tertiary/aromatic N) is 2. The lowest BCUT2D eigenvalue weighted by molar-refractivity contribution is -0.132. The minimum atomic E-state index is -1.08. The zero-order valence-electron chi connectivity index (χ0n) is 12.4. The third-order valence-electron chi connectivity index (χ3n) is 4.21. The van der Waals surface area contributed by atoms with Crippen LogP contribution in [0.3, 0.4) is 0 Å². The first-order valence-electron chi connectivity index (χ1n) is 6.94. The lowest BCUT2D eigenvalue weighted by atomic mass is 9.89. The van der Waals surface area contributed by atoms with E-state index in [0.29, 0.717) is 12.1 Å². The fraction of sp³-hybridized carbons (Fsp3) is 0.467. The highest BCUT2D eigenvalue weighted by Gasteiger charge is 2.49. The van der Waals surface area contributed by atoms with Gasteiger partial charge in [-0.25, -0.2) is 4.79 Å². The summed E-state index contributed by atoms with van der Waals surface area (Å²) in [6, 6.07) is 6.09. The number of hydrogen-bond donors (Lipinski definition) is 2. The summed E-state index contributed by atoms with van der Waals surface area (Å²) in [5.74, 6) is -0.113. The molecule has 0 saturated carbocycles. The van der Waals surface area contributed by atoms with Gasteiger partial charge in [0.2, 0.25) is 0 Å². The molecule has 1 heterocycles. The molecule has 2 amide bonds. The van der Waals surface area contributed by atoms with E-state index in [1.807, 2.05) is 6.92 Å². The highest BCUT2D eigenvalue weighted by molar-refractivity contribution is 6.03. The first kappa shape index (κ1) is 15.2. The van der Waals surface area contributed by atoms with E-state index >= 15 is 0 Å². The lowest BCUT2D eigenvalue weighted by Gasteiger charge is -2.49. The summed E-state index contributed by atoms with van der Waals surface area (Å²) in [5.41, 5.74) is -0.411. The Kier molecular flexibility index (Phi) is 3.80. The molecule has 2 unspecified atom stereocenters. The van der Waals surface area contributed by atoms with Crippen molar-refractivity contribution in [2.45, 2.75) is 38.8 Å². The van der Waals surface area contributed by atoms with E-state index in [0.717, 1.165) is 0 Å². The van der Waals surface area contributed by atoms with E-state index < -0.39 is 11.6 Å². The van der Waals surface area contributed by atoms with Crippen molar-refractivity contribution in [3.05, 3.63) is 24.3 Å². The molecule has 1 aromatic carbocycles. The van der Waals surface area contributed by atoms with Crippen molar-refractivity contribution in [2.75, 3.05) is 11.4 Å². The van der Waals surface area contributed by atoms with Gasteiger partial charge in [0, 0.05) is 12.2 Å². The smallest absolute Gasteiger partial charge is 0.408 e. The second-order valence-electron chi connectivity index (χ2n) is 5.56. The minimum Gasteiger partial charge on any atom is -0.508 e. The standard InChI is InChI=1S/C15H20N2O4/c1-4-15(3)13(19)17(10(2)9-16(15)14(20)21)11-5-7-12(18)8-6-11/h5-8,10,18H,4,9H2,1-3H3,(H,20,21). The Hall–Kier alpha value is -2.24. The van der Waals surface area contributed by atoms with E-state index in [-0.39, 0.29) is 24.2 Å². The van der Waals surface area contributed by atoms with Gasteiger partial charge in [-0.15, -0.1) is 0 Å². The van der Waals surface area contributed by atoms with Crippen LogP contribution in [0.4, 0.5) is 10.5 Å². The minimum absolute atomic E-state index is 0.126. The number of phenolic OH excluding ortho intramolecular Hbond substituents is 1. The SMILES string of the molecule is CCC1(C)C(=O)N(c2ccc(O)cc2)C(C)CN1C(=O)O. The molecule has 1 aliphatic heterocycles. The van der Waals surface area contributed by atoms with Crippen LogP contribution >= 0.6 is 0 Å². The number of benzene rings is 1. The van der Waals surface area contributed by atoms with Gasteiger partial charge in [-0.3, -0.25) is 9.69 Å². The molecular weight excluding hydrogens is 272 g/mol. The molecule has 21 heavy (non-hydrogen) atoms. The van der Waals surface area contributed by atoms with Crippen molar-refractivity contribution in [2.24, 2.45) is 0 Å². The average molecular weight is 292 g/mol. The Morgan fingerprint density at radius 3 is 2.43 bits per heavy atom. The van der Waals surface area contributed by atoms with Crippen LogP contribution in [0, 0.1) is 0 Å². The maximum absolute atomic E-state index is 12.8. The van der Waals surface area contributed by atoms with E-state index in [2.05, 4.69) is 0 Å². The van der Waals surface area contributed by atoms with Crippen LogP contribution in [0.1, 0.15) is 27.2 Å². The number of piperazine rings is 1. The maximum Gasteiger partial charge on any atom is 0.408 e. The van der Waals surface area contributed by atoms with Crippen molar-refractivity contribution in [3.63, 3.8) is 0 Å². The normalized spacial score (nSPS) is 26.0. The number of anilines is 1. The van der Waals surface area contributed by atoms with Gasteiger partial charge in [-0.2, -0.15) is 0 Å². The van der Waals surface area contributed by atoms with Gasteiger partial charge in [-0.05, 0) is 44.5 Å². The summed E-state index contributed by atoms with van der Waals surface area (Å²) in [7, 11) is 0. The topological polar surface area (TPSA) is 81.1 Å². The van der Waals surface area contributed by atoms with Gasteiger partial charge in [0.1, 0.15) is 11.3 Å². The van der Waals surface area contributed by atoms with Crippen LogP contribution in [-0.2, 0) is 4.79 Å². The summed E-state index contributed by atoms with van der Waals surface area (Å²) in [6.45, 7) is 5.53. The van der Waals surface area contributed by atoms with Crippen LogP contribution in [0.25, 0.3) is 0 Å². The molecule has 6 heteroatoms. The molecule has 114 valence electrons. The van der Waals surface area contributed by atoms with E-state index in [9.17, 15) is 19.8 Å². The summed E-state index contributed by atoms with van der Waals surface area (Å²) < 4.78 is 0. The molecule has 6 nitrogen and oxygen atoms in total. The maximum atomic E-state index is 12.8. The van der Waals surface area contributed by atoms with Crippen molar-refractivity contribution in [1.82, 2.24) is 4.90 Å². The molecule has 1 fully saturated rings. The molecule has 0 aromatic heterocycles. The predicted molar refractivity (Wildman–Crippen MR) is 78.5 cm³/mol. The number of hydrogen-bond acceptors (Lipinski definition) is 3. The zero-order valence-corrected chi connectivity index (χ0v) is 12.4. The molecule has 0 bridgehead atoms. The van der Waals surface area contributed by atoms with Crippen molar-refractivity contribution < 1.29 is 19.8 Å². The fourth-order valence-electron chi connectivity index (χ4n) is 2.74. The quantitative estimate of drug-likeness (QED) is 0.876. The molecule has 0 aliphatic carbocycles. The second-order valence-corrected chi connectivity index (χ2v) is 5.56. The van der Waals surface area contributed by atoms with Gasteiger partial charge in [-0.1, -0.05) is 6.92 Å². The van der Waals surface area contributed by atoms with Gasteiger partial charge in [0.05, 0.1) is 6.04 Å². The highest BCUT2D eigenvalue weighted by Crippen LogP contribution is 2.33. The van der Waals surface area contributed by atoms with Crippen LogP contribution in [-0.4, -0.2) is 45.2 Å². The number of amides is 2. The number of carbonyl (C=O) groups is 2. The molecule has 2 N–H and O–H groups in total.